The zero-order valence-electron chi connectivity index (χ0n) is 18.6. The number of imidazole rings is 1. The number of carbonyl (C=O) groups excluding carboxylic acids is 1. The Morgan fingerprint density at radius 3 is 2.56 bits per heavy atom. The molecular weight excluding hydrogens is 456 g/mol. The van der Waals surface area contributed by atoms with Gasteiger partial charge in [-0.05, 0) is 30.5 Å². The number of hydrogen-bond acceptors (Lipinski definition) is 6. The first-order valence-corrected chi connectivity index (χ1v) is 12.7. The van der Waals surface area contributed by atoms with E-state index in [-0.39, 0.29) is 29.8 Å². The van der Waals surface area contributed by atoms with Gasteiger partial charge >= 0.3 is 0 Å². The molecule has 1 fully saturated rings. The molecule has 2 aromatic carbocycles. The van der Waals surface area contributed by atoms with Crippen molar-refractivity contribution in [1.82, 2.24) is 19.6 Å². The van der Waals surface area contributed by atoms with Crippen LogP contribution in [-0.2, 0) is 21.4 Å². The Labute approximate surface area is 198 Å². The average molecular weight is 483 g/mol. The molecule has 2 aliphatic heterocycles. The lowest BCUT2D eigenvalue weighted by Gasteiger charge is -2.30. The maximum absolute atomic E-state index is 13.1. The van der Waals surface area contributed by atoms with Gasteiger partial charge in [-0.3, -0.25) is 4.79 Å². The lowest BCUT2D eigenvalue weighted by atomic mass is 9.97. The number of benzene rings is 2. The van der Waals surface area contributed by atoms with Crippen LogP contribution in [-0.4, -0.2) is 54.9 Å². The summed E-state index contributed by atoms with van der Waals surface area (Å²) >= 11 is 0. The van der Waals surface area contributed by atoms with Crippen LogP contribution in [0.2, 0.25) is 0 Å². The van der Waals surface area contributed by atoms with Gasteiger partial charge in [0.2, 0.25) is 15.9 Å². The number of rotatable bonds is 6. The van der Waals surface area contributed by atoms with Crippen molar-refractivity contribution in [2.24, 2.45) is 5.92 Å². The Kier molecular flexibility index (Phi) is 6.25. The highest BCUT2D eigenvalue weighted by Gasteiger charge is 2.32. The van der Waals surface area contributed by atoms with Crippen molar-refractivity contribution in [1.29, 1.82) is 0 Å². The maximum atomic E-state index is 13.1. The Morgan fingerprint density at radius 1 is 1.06 bits per heavy atom. The number of piperidine rings is 1. The number of fused-ring (bicyclic) bond motifs is 1. The molecule has 0 unspecified atom stereocenters. The van der Waals surface area contributed by atoms with Gasteiger partial charge in [-0.1, -0.05) is 30.3 Å². The Balaban J connectivity index is 1.15. The molecule has 0 spiro atoms. The fraction of sp³-hybridized carbons (Fsp3) is 0.333. The number of nitrogens with one attached hydrogen (secondary N) is 2. The number of carbonyl (C=O) groups is 1. The number of sulfonamides is 1. The standard InChI is InChI=1S/C24H26N4O5S/c29-24(26-16-23-25-15-20(27-23)17-4-2-1-3-5-17)18-8-10-28(11-9-18)34(30,31)19-6-7-21-22(14-19)33-13-12-32-21/h1-7,14-15,18H,8-13,16H2,(H,25,27)(H,26,29). The van der Waals surface area contributed by atoms with Gasteiger partial charge in [0.1, 0.15) is 19.0 Å². The van der Waals surface area contributed by atoms with Crippen molar-refractivity contribution in [3.05, 3.63) is 60.6 Å². The summed E-state index contributed by atoms with van der Waals surface area (Å²) in [5, 5.41) is 2.92. The SMILES string of the molecule is O=C(NCc1ncc(-c2ccccc2)[nH]1)C1CCN(S(=O)(=O)c2ccc3c(c2)OCCO3)CC1. The predicted molar refractivity (Wildman–Crippen MR) is 125 cm³/mol. The Bertz CT molecular complexity index is 1270. The molecule has 2 aliphatic rings. The van der Waals surface area contributed by atoms with Gasteiger partial charge in [0.05, 0.1) is 23.3 Å². The van der Waals surface area contributed by atoms with E-state index in [0.717, 1.165) is 11.3 Å². The van der Waals surface area contributed by atoms with E-state index in [0.29, 0.717) is 49.9 Å². The number of aromatic amines is 1. The number of ether oxygens (including phenoxy) is 2. The first-order chi connectivity index (χ1) is 16.5. The van der Waals surface area contributed by atoms with E-state index in [1.807, 2.05) is 30.3 Å². The van der Waals surface area contributed by atoms with Gasteiger partial charge in [0, 0.05) is 25.1 Å². The molecule has 1 aromatic heterocycles. The summed E-state index contributed by atoms with van der Waals surface area (Å²) in [7, 11) is -3.67. The number of amides is 1. The second-order valence-electron chi connectivity index (χ2n) is 8.31. The monoisotopic (exact) mass is 482 g/mol. The second kappa shape index (κ2) is 9.47. The van der Waals surface area contributed by atoms with Crippen molar-refractivity contribution in [3.63, 3.8) is 0 Å². The van der Waals surface area contributed by atoms with Gasteiger partial charge in [-0.25, -0.2) is 13.4 Å². The van der Waals surface area contributed by atoms with Gasteiger partial charge in [-0.15, -0.1) is 0 Å². The summed E-state index contributed by atoms with van der Waals surface area (Å²) in [6.07, 6.45) is 2.67. The summed E-state index contributed by atoms with van der Waals surface area (Å²) in [4.78, 5) is 20.4. The zero-order chi connectivity index (χ0) is 23.5. The maximum Gasteiger partial charge on any atom is 0.243 e. The molecule has 0 bridgehead atoms. The molecule has 5 rings (SSSR count). The largest absolute Gasteiger partial charge is 0.486 e. The lowest BCUT2D eigenvalue weighted by Crippen LogP contribution is -2.42. The van der Waals surface area contributed by atoms with Crippen molar-refractivity contribution in [2.45, 2.75) is 24.3 Å². The molecule has 3 heterocycles. The minimum atomic E-state index is -3.67. The van der Waals surface area contributed by atoms with Gasteiger partial charge in [-0.2, -0.15) is 4.31 Å². The van der Waals surface area contributed by atoms with E-state index in [1.54, 1.807) is 12.3 Å². The second-order valence-corrected chi connectivity index (χ2v) is 10.2. The first-order valence-electron chi connectivity index (χ1n) is 11.3. The number of H-pyrrole nitrogens is 1. The zero-order valence-corrected chi connectivity index (χ0v) is 19.4. The third-order valence-corrected chi connectivity index (χ3v) is 8.01. The molecule has 0 atom stereocenters. The minimum Gasteiger partial charge on any atom is -0.486 e. The highest BCUT2D eigenvalue weighted by molar-refractivity contribution is 7.89. The summed E-state index contributed by atoms with van der Waals surface area (Å²) in [5.41, 5.74) is 1.92. The van der Waals surface area contributed by atoms with Crippen molar-refractivity contribution < 1.29 is 22.7 Å². The molecular formula is C24H26N4O5S. The van der Waals surface area contributed by atoms with Crippen LogP contribution in [0.1, 0.15) is 18.7 Å². The van der Waals surface area contributed by atoms with Crippen molar-refractivity contribution in [2.75, 3.05) is 26.3 Å². The average Bonchev–Trinajstić information content (AvgIpc) is 3.37. The van der Waals surface area contributed by atoms with Crippen molar-refractivity contribution in [3.8, 4) is 22.8 Å². The van der Waals surface area contributed by atoms with E-state index < -0.39 is 10.0 Å². The normalized spacial score (nSPS) is 16.8. The summed E-state index contributed by atoms with van der Waals surface area (Å²) in [6.45, 7) is 1.70. The van der Waals surface area contributed by atoms with Crippen LogP contribution >= 0.6 is 0 Å². The Hall–Kier alpha value is -3.37. The summed E-state index contributed by atoms with van der Waals surface area (Å²) < 4.78 is 38.6. The molecule has 0 radical (unpaired) electrons. The van der Waals surface area contributed by atoms with E-state index >= 15 is 0 Å². The van der Waals surface area contributed by atoms with Gasteiger partial charge in [0.15, 0.2) is 11.5 Å². The molecule has 10 heteroatoms. The molecule has 3 aromatic rings. The predicted octanol–water partition coefficient (Wildman–Crippen LogP) is 2.57. The van der Waals surface area contributed by atoms with E-state index in [9.17, 15) is 13.2 Å². The molecule has 34 heavy (non-hydrogen) atoms. The van der Waals surface area contributed by atoms with Crippen LogP contribution in [0.4, 0.5) is 0 Å². The van der Waals surface area contributed by atoms with Crippen LogP contribution < -0.4 is 14.8 Å². The van der Waals surface area contributed by atoms with Crippen LogP contribution in [0, 0.1) is 5.92 Å². The third kappa shape index (κ3) is 4.64. The number of hydrogen-bond donors (Lipinski definition) is 2. The summed E-state index contributed by atoms with van der Waals surface area (Å²) in [6, 6.07) is 14.5. The smallest absolute Gasteiger partial charge is 0.243 e. The fourth-order valence-electron chi connectivity index (χ4n) is 4.22. The minimum absolute atomic E-state index is 0.0889. The molecule has 9 nitrogen and oxygen atoms in total. The van der Waals surface area contributed by atoms with Gasteiger partial charge < -0.3 is 19.8 Å². The molecule has 2 N–H and O–H groups in total. The topological polar surface area (TPSA) is 114 Å². The molecule has 0 aliphatic carbocycles. The molecule has 1 saturated heterocycles. The van der Waals surface area contributed by atoms with Crippen LogP contribution in [0.5, 0.6) is 11.5 Å². The molecule has 0 saturated carbocycles. The fourth-order valence-corrected chi connectivity index (χ4v) is 5.71. The molecule has 1 amide bonds. The number of aromatic nitrogens is 2. The van der Waals surface area contributed by atoms with Crippen molar-refractivity contribution >= 4 is 15.9 Å². The molecule has 178 valence electrons. The summed E-state index contributed by atoms with van der Waals surface area (Å²) in [5.74, 6) is 1.33. The Morgan fingerprint density at radius 2 is 1.79 bits per heavy atom. The van der Waals surface area contributed by atoms with Gasteiger partial charge in [0.25, 0.3) is 0 Å². The van der Waals surface area contributed by atoms with Crippen LogP contribution in [0.3, 0.4) is 0 Å². The third-order valence-electron chi connectivity index (χ3n) is 6.12. The van der Waals surface area contributed by atoms with E-state index in [4.69, 9.17) is 9.47 Å². The van der Waals surface area contributed by atoms with Crippen LogP contribution in [0.25, 0.3) is 11.3 Å². The highest BCUT2D eigenvalue weighted by atomic mass is 32.2. The first kappa shape index (κ1) is 22.4. The lowest BCUT2D eigenvalue weighted by molar-refractivity contribution is -0.126. The van der Waals surface area contributed by atoms with Crippen LogP contribution in [0.15, 0.2) is 59.6 Å². The quantitative estimate of drug-likeness (QED) is 0.558. The van der Waals surface area contributed by atoms with E-state index in [2.05, 4.69) is 15.3 Å². The highest BCUT2D eigenvalue weighted by Crippen LogP contribution is 2.34. The van der Waals surface area contributed by atoms with E-state index in [1.165, 1.54) is 16.4 Å². The number of nitrogens with zero attached hydrogens (tertiary/aromatic N) is 2.